The second-order valence-electron chi connectivity index (χ2n) is 5.27. The summed E-state index contributed by atoms with van der Waals surface area (Å²) in [6.07, 6.45) is 1.75. The fraction of sp³-hybridized carbons (Fsp3) is 0.333. The maximum atomic E-state index is 12.0. The van der Waals surface area contributed by atoms with Crippen molar-refractivity contribution in [3.63, 3.8) is 0 Å². The molecule has 1 unspecified atom stereocenters. The first-order valence-corrected chi connectivity index (χ1v) is 7.04. The van der Waals surface area contributed by atoms with Crippen molar-refractivity contribution in [1.82, 2.24) is 10.4 Å². The van der Waals surface area contributed by atoms with E-state index in [0.717, 1.165) is 0 Å². The lowest BCUT2D eigenvalue weighted by atomic mass is 10.0. The van der Waals surface area contributed by atoms with Gasteiger partial charge in [-0.1, -0.05) is 17.2 Å². The molecule has 0 saturated carbocycles. The van der Waals surface area contributed by atoms with Crippen LogP contribution in [-0.4, -0.2) is 34.8 Å². The summed E-state index contributed by atoms with van der Waals surface area (Å²) in [6.45, 7) is 0. The van der Waals surface area contributed by atoms with Crippen LogP contribution in [-0.2, 0) is 14.4 Å². The fourth-order valence-corrected chi connectivity index (χ4v) is 2.62. The summed E-state index contributed by atoms with van der Waals surface area (Å²) >= 11 is 0. The smallest absolute Gasteiger partial charge is 0.335 e. The minimum atomic E-state index is -0.721. The van der Waals surface area contributed by atoms with Gasteiger partial charge in [-0.15, -0.1) is 0 Å². The van der Waals surface area contributed by atoms with Crippen LogP contribution in [0.2, 0.25) is 0 Å². The van der Waals surface area contributed by atoms with Crippen LogP contribution in [0.3, 0.4) is 0 Å². The molecule has 0 radical (unpaired) electrons. The Bertz CT molecular complexity index is 635. The number of benzene rings is 1. The normalized spacial score (nSPS) is 20.6. The zero-order valence-electron chi connectivity index (χ0n) is 11.7. The zero-order valence-corrected chi connectivity index (χ0v) is 11.7. The van der Waals surface area contributed by atoms with Gasteiger partial charge in [0.2, 0.25) is 5.91 Å². The first-order chi connectivity index (χ1) is 10.6. The molecule has 2 aliphatic heterocycles. The lowest BCUT2D eigenvalue weighted by molar-refractivity contribution is -0.169. The number of carbonyl (C=O) groups excluding carboxylic acids is 4. The first kappa shape index (κ1) is 14.2. The minimum absolute atomic E-state index is 0.0703. The van der Waals surface area contributed by atoms with Gasteiger partial charge in [0.25, 0.3) is 11.8 Å². The van der Waals surface area contributed by atoms with Gasteiger partial charge in [0.1, 0.15) is 0 Å². The summed E-state index contributed by atoms with van der Waals surface area (Å²) in [5.41, 5.74) is 0.428. The van der Waals surface area contributed by atoms with Crippen molar-refractivity contribution in [2.45, 2.75) is 31.7 Å². The maximum Gasteiger partial charge on any atom is 0.335 e. The van der Waals surface area contributed by atoms with Crippen LogP contribution < -0.4 is 5.32 Å². The third-order valence-corrected chi connectivity index (χ3v) is 3.68. The van der Waals surface area contributed by atoms with E-state index < -0.39 is 17.8 Å². The van der Waals surface area contributed by atoms with Gasteiger partial charge in [-0.2, -0.15) is 0 Å². The number of nitrogens with zero attached hydrogens (tertiary/aromatic N) is 1. The van der Waals surface area contributed by atoms with Gasteiger partial charge in [-0.25, -0.2) is 4.79 Å². The lowest BCUT2D eigenvalue weighted by Gasteiger charge is -2.22. The van der Waals surface area contributed by atoms with Gasteiger partial charge in [-0.05, 0) is 25.0 Å². The topological polar surface area (TPSA) is 92.8 Å². The highest BCUT2D eigenvalue weighted by atomic mass is 16.7. The molecule has 1 aromatic carbocycles. The van der Waals surface area contributed by atoms with Crippen LogP contribution in [0.15, 0.2) is 24.3 Å². The largest absolute Gasteiger partial charge is 0.353 e. The summed E-state index contributed by atoms with van der Waals surface area (Å²) in [5, 5.41) is 3.17. The van der Waals surface area contributed by atoms with E-state index in [1.807, 2.05) is 0 Å². The summed E-state index contributed by atoms with van der Waals surface area (Å²) in [6, 6.07) is 5.96. The fourth-order valence-electron chi connectivity index (χ4n) is 2.62. The Morgan fingerprint density at radius 1 is 1.18 bits per heavy atom. The Labute approximate surface area is 126 Å². The highest BCUT2D eigenvalue weighted by molar-refractivity contribution is 6.20. The Kier molecular flexibility index (Phi) is 3.62. The van der Waals surface area contributed by atoms with E-state index >= 15 is 0 Å². The molecule has 0 aliphatic carbocycles. The van der Waals surface area contributed by atoms with Crippen molar-refractivity contribution < 1.29 is 24.0 Å². The van der Waals surface area contributed by atoms with Gasteiger partial charge in [0.15, 0.2) is 0 Å². The standard InChI is InChI=1S/C15H14N2O5/c18-12-7-3-4-9(16-12)8-13(19)22-17-14(20)10-5-1-2-6-11(10)15(17)21/h1-2,5-6,9H,3-4,7-8H2,(H,16,18). The van der Waals surface area contributed by atoms with E-state index in [-0.39, 0.29) is 29.5 Å². The number of nitrogens with one attached hydrogen (secondary N) is 1. The number of amides is 3. The molecule has 0 aromatic heterocycles. The molecular weight excluding hydrogens is 288 g/mol. The van der Waals surface area contributed by atoms with Gasteiger partial charge in [-0.3, -0.25) is 14.4 Å². The van der Waals surface area contributed by atoms with Crippen LogP contribution in [0.25, 0.3) is 0 Å². The number of piperidine rings is 1. The molecule has 114 valence electrons. The molecular formula is C15H14N2O5. The van der Waals surface area contributed by atoms with Crippen molar-refractivity contribution in [2.75, 3.05) is 0 Å². The average Bonchev–Trinajstić information content (AvgIpc) is 2.73. The predicted molar refractivity (Wildman–Crippen MR) is 73.4 cm³/mol. The number of hydroxylamine groups is 2. The van der Waals surface area contributed by atoms with Gasteiger partial charge < -0.3 is 10.2 Å². The highest BCUT2D eigenvalue weighted by Crippen LogP contribution is 2.23. The van der Waals surface area contributed by atoms with E-state index in [4.69, 9.17) is 4.84 Å². The number of hydrogen-bond acceptors (Lipinski definition) is 5. The highest BCUT2D eigenvalue weighted by Gasteiger charge is 2.38. The van der Waals surface area contributed by atoms with Crippen LogP contribution in [0.1, 0.15) is 46.4 Å². The van der Waals surface area contributed by atoms with E-state index in [9.17, 15) is 19.2 Å². The molecule has 0 spiro atoms. The maximum absolute atomic E-state index is 12.0. The quantitative estimate of drug-likeness (QED) is 0.834. The van der Waals surface area contributed by atoms with Crippen molar-refractivity contribution in [3.05, 3.63) is 35.4 Å². The summed E-state index contributed by atoms with van der Waals surface area (Å²) in [7, 11) is 0. The number of rotatable bonds is 3. The summed E-state index contributed by atoms with van der Waals surface area (Å²) < 4.78 is 0. The van der Waals surface area contributed by atoms with Gasteiger partial charge in [0, 0.05) is 12.5 Å². The third kappa shape index (κ3) is 2.57. The van der Waals surface area contributed by atoms with E-state index in [1.54, 1.807) is 12.1 Å². The van der Waals surface area contributed by atoms with Crippen molar-refractivity contribution in [3.8, 4) is 0 Å². The van der Waals surface area contributed by atoms with E-state index in [2.05, 4.69) is 5.32 Å². The molecule has 22 heavy (non-hydrogen) atoms. The molecule has 1 atom stereocenters. The molecule has 2 heterocycles. The molecule has 1 aromatic rings. The second-order valence-corrected chi connectivity index (χ2v) is 5.27. The summed E-state index contributed by atoms with van der Waals surface area (Å²) in [4.78, 5) is 52.2. The van der Waals surface area contributed by atoms with E-state index in [0.29, 0.717) is 24.3 Å². The molecule has 3 rings (SSSR count). The molecule has 1 fully saturated rings. The van der Waals surface area contributed by atoms with Crippen LogP contribution >= 0.6 is 0 Å². The van der Waals surface area contributed by atoms with Crippen molar-refractivity contribution >= 4 is 23.7 Å². The van der Waals surface area contributed by atoms with E-state index in [1.165, 1.54) is 12.1 Å². The Hall–Kier alpha value is -2.70. The third-order valence-electron chi connectivity index (χ3n) is 3.68. The Morgan fingerprint density at radius 2 is 1.82 bits per heavy atom. The first-order valence-electron chi connectivity index (χ1n) is 7.04. The SMILES string of the molecule is O=C1CCCC(CC(=O)ON2C(=O)c3ccccc3C2=O)N1. The zero-order chi connectivity index (χ0) is 15.7. The second kappa shape index (κ2) is 5.59. The predicted octanol–water partition coefficient (Wildman–Crippen LogP) is 0.800. The van der Waals surface area contributed by atoms with Crippen molar-refractivity contribution in [1.29, 1.82) is 0 Å². The molecule has 7 nitrogen and oxygen atoms in total. The van der Waals surface area contributed by atoms with Crippen molar-refractivity contribution in [2.24, 2.45) is 0 Å². The molecule has 2 aliphatic rings. The number of fused-ring (bicyclic) bond motifs is 1. The Balaban J connectivity index is 1.64. The van der Waals surface area contributed by atoms with Gasteiger partial charge in [0.05, 0.1) is 17.5 Å². The van der Waals surface area contributed by atoms with Gasteiger partial charge >= 0.3 is 5.97 Å². The molecule has 3 amide bonds. The Morgan fingerprint density at radius 3 is 2.41 bits per heavy atom. The minimum Gasteiger partial charge on any atom is -0.353 e. The number of carbonyl (C=O) groups is 4. The molecule has 7 heteroatoms. The number of hydrogen-bond donors (Lipinski definition) is 1. The van der Waals surface area contributed by atoms with Crippen LogP contribution in [0, 0.1) is 0 Å². The number of imide groups is 1. The monoisotopic (exact) mass is 302 g/mol. The van der Waals surface area contributed by atoms with Crippen LogP contribution in [0.5, 0.6) is 0 Å². The summed E-state index contributed by atoms with van der Waals surface area (Å²) in [5.74, 6) is -2.13. The molecule has 1 N–H and O–H groups in total. The molecule has 0 bridgehead atoms. The molecule has 1 saturated heterocycles. The average molecular weight is 302 g/mol. The lowest BCUT2D eigenvalue weighted by Crippen LogP contribution is -2.41. The van der Waals surface area contributed by atoms with Crippen LogP contribution in [0.4, 0.5) is 0 Å².